The molecule has 3 aromatic rings. The molecule has 1 heterocycles. The fourth-order valence-electron chi connectivity index (χ4n) is 2.91. The molecule has 0 amide bonds. The van der Waals surface area contributed by atoms with Crippen LogP contribution < -0.4 is 0 Å². The molecule has 0 saturated carbocycles. The number of fused-ring (bicyclic) bond motifs is 2. The Bertz CT molecular complexity index is 800. The van der Waals surface area contributed by atoms with Gasteiger partial charge in [-0.15, -0.1) is 0 Å². The summed E-state index contributed by atoms with van der Waals surface area (Å²) in [6.07, 6.45) is 4.47. The van der Waals surface area contributed by atoms with Gasteiger partial charge in [-0.25, -0.2) is 4.98 Å². The molecule has 0 saturated heterocycles. The van der Waals surface area contributed by atoms with Gasteiger partial charge >= 0.3 is 0 Å². The van der Waals surface area contributed by atoms with Crippen LogP contribution in [0.4, 0.5) is 0 Å². The van der Waals surface area contributed by atoms with Crippen molar-refractivity contribution >= 4 is 22.6 Å². The normalized spacial score (nSPS) is 15.7. The molecule has 2 aromatic carbocycles. The van der Waals surface area contributed by atoms with Gasteiger partial charge in [0.1, 0.15) is 0 Å². The summed E-state index contributed by atoms with van der Waals surface area (Å²) < 4.78 is 0. The molecular formula is C19H15N. The highest BCUT2D eigenvalue weighted by atomic mass is 14.7. The van der Waals surface area contributed by atoms with Gasteiger partial charge in [0, 0.05) is 5.39 Å². The Hall–Kier alpha value is -2.41. The van der Waals surface area contributed by atoms with Crippen molar-refractivity contribution in [3.05, 3.63) is 77.5 Å². The average Bonchev–Trinajstić information content (AvgIpc) is 2.88. The third-order valence-electron chi connectivity index (χ3n) is 3.91. The van der Waals surface area contributed by atoms with Crippen LogP contribution in [0.3, 0.4) is 0 Å². The molecule has 0 bridgehead atoms. The molecule has 0 unspecified atom stereocenters. The maximum atomic E-state index is 4.87. The van der Waals surface area contributed by atoms with Gasteiger partial charge < -0.3 is 0 Å². The molecule has 1 aromatic heterocycles. The zero-order valence-electron chi connectivity index (χ0n) is 11.2. The Morgan fingerprint density at radius 2 is 1.65 bits per heavy atom. The van der Waals surface area contributed by atoms with Crippen molar-refractivity contribution in [1.29, 1.82) is 0 Å². The lowest BCUT2D eigenvalue weighted by Gasteiger charge is -2.04. The van der Waals surface area contributed by atoms with Gasteiger partial charge in [-0.2, -0.15) is 0 Å². The van der Waals surface area contributed by atoms with E-state index in [1.54, 1.807) is 0 Å². The molecule has 20 heavy (non-hydrogen) atoms. The molecule has 0 aliphatic heterocycles. The van der Waals surface area contributed by atoms with Crippen molar-refractivity contribution in [3.63, 3.8) is 0 Å². The van der Waals surface area contributed by atoms with Crippen LogP contribution in [0, 0.1) is 0 Å². The zero-order chi connectivity index (χ0) is 13.4. The molecule has 1 heteroatoms. The molecule has 4 rings (SSSR count). The number of nitrogens with zero attached hydrogens (tertiary/aromatic N) is 1. The Labute approximate surface area is 118 Å². The predicted octanol–water partition coefficient (Wildman–Crippen LogP) is 4.72. The van der Waals surface area contributed by atoms with Gasteiger partial charge in [-0.3, -0.25) is 0 Å². The highest BCUT2D eigenvalue weighted by molar-refractivity contribution is 5.88. The maximum Gasteiger partial charge on any atom is 0.0709 e. The zero-order valence-corrected chi connectivity index (χ0v) is 11.2. The molecule has 0 radical (unpaired) electrons. The van der Waals surface area contributed by atoms with Crippen molar-refractivity contribution < 1.29 is 0 Å². The third kappa shape index (κ3) is 1.92. The first-order chi connectivity index (χ1) is 9.90. The number of hydrogen-bond acceptors (Lipinski definition) is 1. The minimum absolute atomic E-state index is 1.09. The van der Waals surface area contributed by atoms with E-state index in [1.165, 1.54) is 27.8 Å². The lowest BCUT2D eigenvalue weighted by Crippen LogP contribution is -1.89. The first-order valence-corrected chi connectivity index (χ1v) is 7.05. The van der Waals surface area contributed by atoms with E-state index in [2.05, 4.69) is 66.7 Å². The number of para-hydroxylation sites is 1. The minimum Gasteiger partial charge on any atom is -0.248 e. The number of benzene rings is 2. The average molecular weight is 257 g/mol. The third-order valence-corrected chi connectivity index (χ3v) is 3.91. The first-order valence-electron chi connectivity index (χ1n) is 7.05. The van der Waals surface area contributed by atoms with E-state index in [1.807, 2.05) is 0 Å². The van der Waals surface area contributed by atoms with Crippen LogP contribution in [-0.4, -0.2) is 4.98 Å². The second-order valence-electron chi connectivity index (χ2n) is 5.27. The van der Waals surface area contributed by atoms with E-state index >= 15 is 0 Å². The van der Waals surface area contributed by atoms with Gasteiger partial charge in [-0.1, -0.05) is 48.5 Å². The smallest absolute Gasteiger partial charge is 0.0709 e. The monoisotopic (exact) mass is 257 g/mol. The fraction of sp³-hybridized carbons (Fsp3) is 0.105. The van der Waals surface area contributed by atoms with Crippen LogP contribution >= 0.6 is 0 Å². The highest BCUT2D eigenvalue weighted by Gasteiger charge is 2.18. The van der Waals surface area contributed by atoms with Crippen molar-refractivity contribution in [2.45, 2.75) is 12.8 Å². The van der Waals surface area contributed by atoms with Crippen molar-refractivity contribution in [3.8, 4) is 0 Å². The molecule has 0 fully saturated rings. The predicted molar refractivity (Wildman–Crippen MR) is 84.4 cm³/mol. The molecule has 1 aliphatic rings. The van der Waals surface area contributed by atoms with Gasteiger partial charge in [0.15, 0.2) is 0 Å². The van der Waals surface area contributed by atoms with Crippen LogP contribution in [0.2, 0.25) is 0 Å². The van der Waals surface area contributed by atoms with Gasteiger partial charge in [0.2, 0.25) is 0 Å². The van der Waals surface area contributed by atoms with Crippen molar-refractivity contribution in [2.24, 2.45) is 0 Å². The summed E-state index contributed by atoms with van der Waals surface area (Å²) in [6, 6.07) is 21.2. The summed E-state index contributed by atoms with van der Waals surface area (Å²) in [5, 5.41) is 1.24. The molecule has 0 spiro atoms. The minimum atomic E-state index is 1.09. The second kappa shape index (κ2) is 4.61. The lowest BCUT2D eigenvalue weighted by molar-refractivity contribution is 1.08. The van der Waals surface area contributed by atoms with E-state index in [0.717, 1.165) is 18.4 Å². The van der Waals surface area contributed by atoms with Crippen LogP contribution in [0.15, 0.2) is 60.7 Å². The number of allylic oxidation sites excluding steroid dienone is 1. The Balaban J connectivity index is 1.85. The summed E-state index contributed by atoms with van der Waals surface area (Å²) in [5.41, 5.74) is 6.27. The second-order valence-corrected chi connectivity index (χ2v) is 5.27. The van der Waals surface area contributed by atoms with E-state index in [0.29, 0.717) is 0 Å². The number of hydrogen-bond donors (Lipinski definition) is 0. The van der Waals surface area contributed by atoms with Crippen molar-refractivity contribution in [1.82, 2.24) is 4.98 Å². The summed E-state index contributed by atoms with van der Waals surface area (Å²) in [5.74, 6) is 0. The molecular weight excluding hydrogens is 242 g/mol. The maximum absolute atomic E-state index is 4.87. The quantitative estimate of drug-likeness (QED) is 0.614. The number of aromatic nitrogens is 1. The van der Waals surface area contributed by atoms with Gasteiger partial charge in [0.25, 0.3) is 0 Å². The van der Waals surface area contributed by atoms with E-state index in [-0.39, 0.29) is 0 Å². The number of aryl methyl sites for hydroxylation is 1. The summed E-state index contributed by atoms with van der Waals surface area (Å²) in [7, 11) is 0. The Kier molecular flexibility index (Phi) is 2.63. The summed E-state index contributed by atoms with van der Waals surface area (Å²) in [6.45, 7) is 0. The molecule has 0 N–H and O–H groups in total. The molecule has 96 valence electrons. The summed E-state index contributed by atoms with van der Waals surface area (Å²) >= 11 is 0. The van der Waals surface area contributed by atoms with E-state index in [9.17, 15) is 0 Å². The first kappa shape index (κ1) is 11.4. The van der Waals surface area contributed by atoms with Crippen LogP contribution in [0.25, 0.3) is 22.6 Å². The number of pyridine rings is 1. The highest BCUT2D eigenvalue weighted by Crippen LogP contribution is 2.34. The SMILES string of the molecule is C(=C1CCc2cc3ccccc3nc21)c1ccccc1. The lowest BCUT2D eigenvalue weighted by atomic mass is 10.1. The number of rotatable bonds is 1. The standard InChI is InChI=1S/C19H15N/c1-2-6-14(7-3-1)12-16-10-11-17-13-15-8-4-5-9-18(15)20-19(16)17/h1-9,12-13H,10-11H2. The topological polar surface area (TPSA) is 12.9 Å². The van der Waals surface area contributed by atoms with Gasteiger partial charge in [-0.05, 0) is 47.8 Å². The van der Waals surface area contributed by atoms with E-state index in [4.69, 9.17) is 4.98 Å². The fourth-order valence-corrected chi connectivity index (χ4v) is 2.91. The van der Waals surface area contributed by atoms with Crippen LogP contribution in [-0.2, 0) is 6.42 Å². The largest absolute Gasteiger partial charge is 0.248 e. The molecule has 1 nitrogen and oxygen atoms in total. The Morgan fingerprint density at radius 3 is 2.55 bits per heavy atom. The Morgan fingerprint density at radius 1 is 0.850 bits per heavy atom. The van der Waals surface area contributed by atoms with Crippen molar-refractivity contribution in [2.75, 3.05) is 0 Å². The summed E-state index contributed by atoms with van der Waals surface area (Å²) in [4.78, 5) is 4.87. The molecule has 1 aliphatic carbocycles. The van der Waals surface area contributed by atoms with Gasteiger partial charge in [0.05, 0.1) is 11.2 Å². The molecule has 0 atom stereocenters. The van der Waals surface area contributed by atoms with E-state index < -0.39 is 0 Å². The van der Waals surface area contributed by atoms with Crippen LogP contribution in [0.1, 0.15) is 23.2 Å². The van der Waals surface area contributed by atoms with Crippen LogP contribution in [0.5, 0.6) is 0 Å².